The van der Waals surface area contributed by atoms with Crippen molar-refractivity contribution in [3.05, 3.63) is 29.3 Å². The molecule has 1 aromatic carbocycles. The van der Waals surface area contributed by atoms with Gasteiger partial charge in [-0.1, -0.05) is 6.07 Å². The molecule has 1 N–H and O–H groups in total. The smallest absolute Gasteiger partial charge is 0.223 e. The Balaban J connectivity index is 1.58. The predicted molar refractivity (Wildman–Crippen MR) is 93.8 cm³/mol. The molecular formula is C18H26N2O3S. The van der Waals surface area contributed by atoms with E-state index in [0.29, 0.717) is 24.0 Å². The summed E-state index contributed by atoms with van der Waals surface area (Å²) in [6, 6.07) is 5.90. The molecule has 0 saturated carbocycles. The normalized spacial score (nSPS) is 18.6. The maximum atomic E-state index is 12.5. The molecule has 1 aromatic rings. The van der Waals surface area contributed by atoms with E-state index in [2.05, 4.69) is 5.32 Å². The molecule has 1 saturated heterocycles. The zero-order valence-electron chi connectivity index (χ0n) is 14.3. The van der Waals surface area contributed by atoms with Crippen LogP contribution in [0.2, 0.25) is 0 Å². The van der Waals surface area contributed by atoms with Gasteiger partial charge in [0.1, 0.15) is 0 Å². The largest absolute Gasteiger partial charge is 0.343 e. The molecular weight excluding hydrogens is 324 g/mol. The molecule has 1 amide bonds. The third-order valence-corrected chi connectivity index (χ3v) is 6.98. The number of likely N-dealkylation sites (tertiary alicyclic amines) is 1. The first-order valence-electron chi connectivity index (χ1n) is 8.79. The maximum Gasteiger partial charge on any atom is 0.223 e. The molecule has 0 radical (unpaired) electrons. The molecule has 0 bridgehead atoms. The molecule has 1 fully saturated rings. The molecule has 0 atom stereocenters. The van der Waals surface area contributed by atoms with Crippen molar-refractivity contribution in [2.45, 2.75) is 49.5 Å². The second-order valence-corrected chi connectivity index (χ2v) is 8.91. The van der Waals surface area contributed by atoms with Crippen molar-refractivity contribution < 1.29 is 13.2 Å². The summed E-state index contributed by atoms with van der Waals surface area (Å²) in [5, 5.41) is 3.23. The summed E-state index contributed by atoms with van der Waals surface area (Å²) < 4.78 is 25.1. The van der Waals surface area contributed by atoms with E-state index in [1.165, 1.54) is 5.56 Å². The second kappa shape index (κ2) is 7.23. The highest BCUT2D eigenvalue weighted by atomic mass is 32.2. The van der Waals surface area contributed by atoms with Crippen molar-refractivity contribution in [3.8, 4) is 0 Å². The van der Waals surface area contributed by atoms with E-state index < -0.39 is 9.84 Å². The van der Waals surface area contributed by atoms with Crippen LogP contribution >= 0.6 is 0 Å². The Morgan fingerprint density at radius 3 is 2.62 bits per heavy atom. The second-order valence-electron chi connectivity index (χ2n) is 6.80. The van der Waals surface area contributed by atoms with Gasteiger partial charge < -0.3 is 10.2 Å². The third-order valence-electron chi connectivity index (χ3n) is 5.27. The fraction of sp³-hybridized carbons (Fsp3) is 0.611. The summed E-state index contributed by atoms with van der Waals surface area (Å²) >= 11 is 0. The van der Waals surface area contributed by atoms with Crippen LogP contribution in [0.1, 0.15) is 36.8 Å². The number of benzene rings is 1. The molecule has 0 unspecified atom stereocenters. The van der Waals surface area contributed by atoms with Gasteiger partial charge in [0.2, 0.25) is 5.91 Å². The highest BCUT2D eigenvalue weighted by molar-refractivity contribution is 7.91. The number of carbonyl (C=O) groups is 1. The first kappa shape index (κ1) is 17.4. The monoisotopic (exact) mass is 350 g/mol. The van der Waals surface area contributed by atoms with Gasteiger partial charge in [-0.2, -0.15) is 0 Å². The zero-order chi connectivity index (χ0) is 17.2. The standard InChI is InChI=1S/C18H26N2O3S/c1-19-16-7-10-20(11-8-16)18(21)9-12-24(22,23)17-6-5-14-3-2-4-15(14)13-17/h5-6,13,16,19H,2-4,7-12H2,1H3. The Morgan fingerprint density at radius 1 is 1.21 bits per heavy atom. The van der Waals surface area contributed by atoms with Gasteiger partial charge in [0, 0.05) is 25.6 Å². The SMILES string of the molecule is CNC1CCN(C(=O)CCS(=O)(=O)c2ccc3c(c2)CCC3)CC1. The van der Waals surface area contributed by atoms with E-state index in [1.54, 1.807) is 17.0 Å². The molecule has 6 heteroatoms. The Morgan fingerprint density at radius 2 is 1.92 bits per heavy atom. The Labute approximate surface area is 144 Å². The van der Waals surface area contributed by atoms with Gasteiger partial charge in [0.15, 0.2) is 9.84 Å². The number of piperidine rings is 1. The van der Waals surface area contributed by atoms with E-state index in [1.807, 2.05) is 13.1 Å². The lowest BCUT2D eigenvalue weighted by molar-refractivity contribution is -0.131. The Hall–Kier alpha value is -1.40. The molecule has 2 aliphatic rings. The van der Waals surface area contributed by atoms with E-state index >= 15 is 0 Å². The van der Waals surface area contributed by atoms with Crippen LogP contribution in [0.4, 0.5) is 0 Å². The summed E-state index contributed by atoms with van der Waals surface area (Å²) in [5.41, 5.74) is 2.41. The number of nitrogens with one attached hydrogen (secondary N) is 1. The van der Waals surface area contributed by atoms with E-state index in [0.717, 1.165) is 37.7 Å². The molecule has 0 aromatic heterocycles. The van der Waals surface area contributed by atoms with E-state index in [4.69, 9.17) is 0 Å². The minimum absolute atomic E-state index is 0.0470. The van der Waals surface area contributed by atoms with Crippen molar-refractivity contribution in [2.24, 2.45) is 0 Å². The van der Waals surface area contributed by atoms with Crippen LogP contribution in [0.15, 0.2) is 23.1 Å². The number of rotatable bonds is 5. The Bertz CT molecular complexity index is 707. The van der Waals surface area contributed by atoms with Gasteiger partial charge in [-0.3, -0.25) is 4.79 Å². The lowest BCUT2D eigenvalue weighted by Crippen LogP contribution is -2.44. The fourth-order valence-corrected chi connectivity index (χ4v) is 4.93. The fourth-order valence-electron chi connectivity index (χ4n) is 3.66. The number of carbonyl (C=O) groups excluding carboxylic acids is 1. The molecule has 5 nitrogen and oxygen atoms in total. The van der Waals surface area contributed by atoms with Crippen LogP contribution in [0.25, 0.3) is 0 Å². The van der Waals surface area contributed by atoms with Crippen LogP contribution in [-0.2, 0) is 27.5 Å². The molecule has 132 valence electrons. The minimum Gasteiger partial charge on any atom is -0.343 e. The highest BCUT2D eigenvalue weighted by Crippen LogP contribution is 2.25. The summed E-state index contributed by atoms with van der Waals surface area (Å²) in [6.45, 7) is 1.42. The average Bonchev–Trinajstić information content (AvgIpc) is 3.07. The summed E-state index contributed by atoms with van der Waals surface area (Å²) in [6.07, 6.45) is 5.03. The topological polar surface area (TPSA) is 66.5 Å². The van der Waals surface area contributed by atoms with Crippen LogP contribution in [-0.4, -0.2) is 51.2 Å². The maximum absolute atomic E-state index is 12.5. The highest BCUT2D eigenvalue weighted by Gasteiger charge is 2.24. The molecule has 3 rings (SSSR count). The van der Waals surface area contributed by atoms with Gasteiger partial charge >= 0.3 is 0 Å². The lowest BCUT2D eigenvalue weighted by atomic mass is 10.1. The van der Waals surface area contributed by atoms with Crippen LogP contribution in [0.5, 0.6) is 0 Å². The quantitative estimate of drug-likeness (QED) is 0.875. The van der Waals surface area contributed by atoms with Crippen molar-refractivity contribution in [1.82, 2.24) is 10.2 Å². The van der Waals surface area contributed by atoms with Crippen molar-refractivity contribution in [2.75, 3.05) is 25.9 Å². The van der Waals surface area contributed by atoms with Crippen molar-refractivity contribution >= 4 is 15.7 Å². The van der Waals surface area contributed by atoms with Crippen LogP contribution in [0.3, 0.4) is 0 Å². The Kier molecular flexibility index (Phi) is 5.25. The zero-order valence-corrected chi connectivity index (χ0v) is 15.1. The number of hydrogen-bond acceptors (Lipinski definition) is 4. The third kappa shape index (κ3) is 3.81. The average molecular weight is 350 g/mol. The van der Waals surface area contributed by atoms with Gasteiger partial charge in [0.25, 0.3) is 0 Å². The van der Waals surface area contributed by atoms with Gasteiger partial charge in [0.05, 0.1) is 10.6 Å². The van der Waals surface area contributed by atoms with E-state index in [-0.39, 0.29) is 18.1 Å². The number of nitrogens with zero attached hydrogens (tertiary/aromatic N) is 1. The first-order chi connectivity index (χ1) is 11.5. The first-order valence-corrected chi connectivity index (χ1v) is 10.4. The summed E-state index contributed by atoms with van der Waals surface area (Å²) in [7, 11) is -1.46. The van der Waals surface area contributed by atoms with Gasteiger partial charge in [-0.25, -0.2) is 8.42 Å². The van der Waals surface area contributed by atoms with Gasteiger partial charge in [-0.05, 0) is 62.4 Å². The summed E-state index contributed by atoms with van der Waals surface area (Å²) in [4.78, 5) is 14.5. The summed E-state index contributed by atoms with van der Waals surface area (Å²) in [5.74, 6) is -0.148. The molecule has 1 aliphatic heterocycles. The minimum atomic E-state index is -3.39. The van der Waals surface area contributed by atoms with Gasteiger partial charge in [-0.15, -0.1) is 0 Å². The molecule has 24 heavy (non-hydrogen) atoms. The number of sulfone groups is 1. The van der Waals surface area contributed by atoms with Crippen molar-refractivity contribution in [3.63, 3.8) is 0 Å². The van der Waals surface area contributed by atoms with Crippen molar-refractivity contribution in [1.29, 1.82) is 0 Å². The lowest BCUT2D eigenvalue weighted by Gasteiger charge is -2.31. The molecule has 1 aliphatic carbocycles. The molecule has 0 spiro atoms. The van der Waals surface area contributed by atoms with E-state index in [9.17, 15) is 13.2 Å². The van der Waals surface area contributed by atoms with Crippen LogP contribution < -0.4 is 5.32 Å². The number of aryl methyl sites for hydroxylation is 2. The molecule has 1 heterocycles. The van der Waals surface area contributed by atoms with Crippen LogP contribution in [0, 0.1) is 0 Å². The number of hydrogen-bond donors (Lipinski definition) is 1. The predicted octanol–water partition coefficient (Wildman–Crippen LogP) is 1.55. The number of fused-ring (bicyclic) bond motifs is 1. The number of amides is 1.